The predicted octanol–water partition coefficient (Wildman–Crippen LogP) is 5.40. The molecule has 1 N–H and O–H groups in total. The topological polar surface area (TPSA) is 99.9 Å². The van der Waals surface area contributed by atoms with Crippen molar-refractivity contribution in [1.82, 2.24) is 4.98 Å². The molecule has 9 heteroatoms. The van der Waals surface area contributed by atoms with Crippen molar-refractivity contribution in [2.45, 2.75) is 23.8 Å². The molecule has 0 amide bonds. The molecule has 5 rings (SSSR count). The van der Waals surface area contributed by atoms with Crippen LogP contribution in [0.1, 0.15) is 12.5 Å². The van der Waals surface area contributed by atoms with Gasteiger partial charge in [0.05, 0.1) is 11.5 Å². The number of fused-ring (bicyclic) bond motifs is 1. The minimum Gasteiger partial charge on any atom is -0.494 e. The van der Waals surface area contributed by atoms with Gasteiger partial charge in [-0.2, -0.15) is 4.98 Å². The first-order valence-corrected chi connectivity index (χ1v) is 12.6. The standard InChI is InChI=1S/C26H24N2O6S/c1-3-31-20-9-7-18(8-10-20)24-28-26(25(34-24)27-19-6-4-5-17(2)15-19)35(29,30)21-11-12-22-23(16-21)33-14-13-32-22/h4-12,15-16,27H,3,13-14H2,1-2H3. The van der Waals surface area contributed by atoms with Gasteiger partial charge in [-0.15, -0.1) is 0 Å². The zero-order valence-corrected chi connectivity index (χ0v) is 20.1. The minimum absolute atomic E-state index is 0.0226. The van der Waals surface area contributed by atoms with Crippen molar-refractivity contribution < 1.29 is 27.0 Å². The highest BCUT2D eigenvalue weighted by Crippen LogP contribution is 2.38. The Morgan fingerprint density at radius 3 is 2.49 bits per heavy atom. The van der Waals surface area contributed by atoms with Gasteiger partial charge < -0.3 is 23.9 Å². The third-order valence-electron chi connectivity index (χ3n) is 5.36. The molecule has 0 saturated carbocycles. The van der Waals surface area contributed by atoms with Gasteiger partial charge in [-0.3, -0.25) is 0 Å². The van der Waals surface area contributed by atoms with Gasteiger partial charge in [0.15, 0.2) is 11.5 Å². The summed E-state index contributed by atoms with van der Waals surface area (Å²) in [5, 5.41) is 2.86. The van der Waals surface area contributed by atoms with Crippen molar-refractivity contribution in [1.29, 1.82) is 0 Å². The van der Waals surface area contributed by atoms with Gasteiger partial charge in [0.1, 0.15) is 19.0 Å². The second-order valence-electron chi connectivity index (χ2n) is 7.91. The van der Waals surface area contributed by atoms with Crippen LogP contribution in [-0.2, 0) is 9.84 Å². The molecule has 0 aliphatic carbocycles. The lowest BCUT2D eigenvalue weighted by Gasteiger charge is -2.18. The number of nitrogens with zero attached hydrogens (tertiary/aromatic N) is 1. The summed E-state index contributed by atoms with van der Waals surface area (Å²) in [4.78, 5) is 4.43. The molecule has 1 aromatic heterocycles. The number of sulfone groups is 1. The maximum atomic E-state index is 13.7. The van der Waals surface area contributed by atoms with E-state index in [1.807, 2.05) is 38.1 Å². The summed E-state index contributed by atoms with van der Waals surface area (Å²) in [7, 11) is -4.06. The van der Waals surface area contributed by atoms with E-state index in [1.165, 1.54) is 12.1 Å². The smallest absolute Gasteiger partial charge is 0.238 e. The molecule has 4 aromatic rings. The number of hydrogen-bond donors (Lipinski definition) is 1. The average Bonchev–Trinajstić information content (AvgIpc) is 3.29. The lowest BCUT2D eigenvalue weighted by Crippen LogP contribution is -2.16. The molecular weight excluding hydrogens is 468 g/mol. The van der Waals surface area contributed by atoms with E-state index >= 15 is 0 Å². The van der Waals surface area contributed by atoms with Crippen molar-refractivity contribution in [3.8, 4) is 28.7 Å². The Morgan fingerprint density at radius 1 is 0.971 bits per heavy atom. The number of oxazole rings is 1. The Hall–Kier alpha value is -3.98. The second-order valence-corrected chi connectivity index (χ2v) is 9.78. The molecular formula is C26H24N2O6S. The van der Waals surface area contributed by atoms with Gasteiger partial charge in [0.25, 0.3) is 0 Å². The van der Waals surface area contributed by atoms with E-state index in [0.29, 0.717) is 48.3 Å². The van der Waals surface area contributed by atoms with Gasteiger partial charge >= 0.3 is 0 Å². The summed E-state index contributed by atoms with van der Waals surface area (Å²) in [5.41, 5.74) is 2.31. The summed E-state index contributed by atoms with van der Waals surface area (Å²) in [6.45, 7) is 5.16. The maximum absolute atomic E-state index is 13.7. The van der Waals surface area contributed by atoms with E-state index in [1.54, 1.807) is 30.3 Å². The van der Waals surface area contributed by atoms with Crippen LogP contribution in [0.4, 0.5) is 11.6 Å². The summed E-state index contributed by atoms with van der Waals surface area (Å²) in [6.07, 6.45) is 0. The van der Waals surface area contributed by atoms with Crippen LogP contribution in [0.15, 0.2) is 81.1 Å². The average molecular weight is 493 g/mol. The lowest BCUT2D eigenvalue weighted by atomic mass is 10.2. The van der Waals surface area contributed by atoms with E-state index in [0.717, 1.165) is 5.56 Å². The normalized spacial score (nSPS) is 12.9. The molecule has 1 aliphatic heterocycles. The van der Waals surface area contributed by atoms with E-state index in [4.69, 9.17) is 18.6 Å². The third kappa shape index (κ3) is 4.67. The van der Waals surface area contributed by atoms with Gasteiger partial charge in [-0.1, -0.05) is 12.1 Å². The lowest BCUT2D eigenvalue weighted by molar-refractivity contribution is 0.171. The van der Waals surface area contributed by atoms with Gasteiger partial charge in [-0.05, 0) is 67.9 Å². The molecule has 2 heterocycles. The molecule has 0 spiro atoms. The Labute approximate surface area is 203 Å². The van der Waals surface area contributed by atoms with E-state index in [-0.39, 0.29) is 21.7 Å². The minimum atomic E-state index is -4.06. The van der Waals surface area contributed by atoms with Crippen LogP contribution in [0.2, 0.25) is 0 Å². The molecule has 180 valence electrons. The summed E-state index contributed by atoms with van der Waals surface area (Å²) < 4.78 is 50.0. The molecule has 0 bridgehead atoms. The highest BCUT2D eigenvalue weighted by Gasteiger charge is 2.30. The van der Waals surface area contributed by atoms with E-state index in [9.17, 15) is 8.42 Å². The number of aryl methyl sites for hydroxylation is 1. The number of rotatable bonds is 7. The van der Waals surface area contributed by atoms with Gasteiger partial charge in [0.2, 0.25) is 26.6 Å². The van der Waals surface area contributed by atoms with Gasteiger partial charge in [-0.25, -0.2) is 8.42 Å². The fraction of sp³-hybridized carbons (Fsp3) is 0.192. The number of aromatic nitrogens is 1. The molecule has 1 aliphatic rings. The third-order valence-corrected chi connectivity index (χ3v) is 7.02. The highest BCUT2D eigenvalue weighted by atomic mass is 32.2. The van der Waals surface area contributed by atoms with Crippen molar-refractivity contribution in [2.24, 2.45) is 0 Å². The number of ether oxygens (including phenoxy) is 3. The largest absolute Gasteiger partial charge is 0.494 e. The van der Waals surface area contributed by atoms with Crippen LogP contribution < -0.4 is 19.5 Å². The Bertz CT molecular complexity index is 1460. The number of nitrogens with one attached hydrogen (secondary N) is 1. The molecule has 0 fully saturated rings. The SMILES string of the molecule is CCOc1ccc(-c2nc(S(=O)(=O)c3ccc4c(c3)OCCO4)c(Nc3cccc(C)c3)o2)cc1. The van der Waals surface area contributed by atoms with Crippen LogP contribution in [0.3, 0.4) is 0 Å². The molecule has 35 heavy (non-hydrogen) atoms. The maximum Gasteiger partial charge on any atom is 0.238 e. The first-order chi connectivity index (χ1) is 16.9. The molecule has 0 atom stereocenters. The molecule has 8 nitrogen and oxygen atoms in total. The fourth-order valence-corrected chi connectivity index (χ4v) is 4.98. The van der Waals surface area contributed by atoms with Crippen molar-refractivity contribution in [3.63, 3.8) is 0 Å². The number of benzene rings is 3. The molecule has 3 aromatic carbocycles. The second kappa shape index (κ2) is 9.34. The highest BCUT2D eigenvalue weighted by molar-refractivity contribution is 7.91. The number of hydrogen-bond acceptors (Lipinski definition) is 8. The summed E-state index contributed by atoms with van der Waals surface area (Å²) in [6, 6.07) is 19.2. The zero-order valence-electron chi connectivity index (χ0n) is 19.3. The van der Waals surface area contributed by atoms with Crippen LogP contribution in [0.25, 0.3) is 11.5 Å². The first-order valence-electron chi connectivity index (χ1n) is 11.2. The Balaban J connectivity index is 1.58. The summed E-state index contributed by atoms with van der Waals surface area (Å²) in [5.74, 6) is 1.77. The van der Waals surface area contributed by atoms with Crippen molar-refractivity contribution >= 4 is 21.4 Å². The van der Waals surface area contributed by atoms with Crippen molar-refractivity contribution in [2.75, 3.05) is 25.1 Å². The monoisotopic (exact) mass is 492 g/mol. The van der Waals surface area contributed by atoms with Crippen LogP contribution in [0, 0.1) is 6.92 Å². The van der Waals surface area contributed by atoms with E-state index in [2.05, 4.69) is 10.3 Å². The van der Waals surface area contributed by atoms with Crippen LogP contribution in [0.5, 0.6) is 17.2 Å². The molecule has 0 saturated heterocycles. The summed E-state index contributed by atoms with van der Waals surface area (Å²) >= 11 is 0. The van der Waals surface area contributed by atoms with Crippen LogP contribution >= 0.6 is 0 Å². The molecule has 0 unspecified atom stereocenters. The fourth-order valence-electron chi connectivity index (χ4n) is 3.71. The number of anilines is 2. The van der Waals surface area contributed by atoms with Crippen LogP contribution in [-0.4, -0.2) is 33.2 Å². The zero-order chi connectivity index (χ0) is 24.4. The Morgan fingerprint density at radius 2 is 1.74 bits per heavy atom. The predicted molar refractivity (Wildman–Crippen MR) is 130 cm³/mol. The van der Waals surface area contributed by atoms with Gasteiger partial charge in [0, 0.05) is 17.3 Å². The first kappa shape index (κ1) is 22.8. The molecule has 0 radical (unpaired) electrons. The Kier molecular flexibility index (Phi) is 6.08. The van der Waals surface area contributed by atoms with Crippen molar-refractivity contribution in [3.05, 3.63) is 72.3 Å². The van der Waals surface area contributed by atoms with E-state index < -0.39 is 9.84 Å². The quantitative estimate of drug-likeness (QED) is 0.366.